The summed E-state index contributed by atoms with van der Waals surface area (Å²) in [5, 5.41) is 14.5. The summed E-state index contributed by atoms with van der Waals surface area (Å²) in [5.74, 6) is -1.89. The summed E-state index contributed by atoms with van der Waals surface area (Å²) < 4.78 is 14.8. The number of piperazine rings is 1. The molecule has 1 aliphatic carbocycles. The number of aliphatic carboxylic acids is 1. The molecule has 1 atom stereocenters. The van der Waals surface area contributed by atoms with Crippen molar-refractivity contribution in [2.75, 3.05) is 36.4 Å². The van der Waals surface area contributed by atoms with E-state index in [4.69, 9.17) is 5.11 Å². The Morgan fingerprint density at radius 2 is 1.77 bits per heavy atom. The van der Waals surface area contributed by atoms with Crippen LogP contribution in [0.3, 0.4) is 0 Å². The molecular weight excluding hydrogens is 403 g/mol. The molecule has 2 heterocycles. The van der Waals surface area contributed by atoms with Gasteiger partial charge in [0.15, 0.2) is 0 Å². The van der Waals surface area contributed by atoms with Crippen molar-refractivity contribution in [1.29, 1.82) is 0 Å². The number of nitrogens with zero attached hydrogens (tertiary/aromatic N) is 2. The molecule has 0 bridgehead atoms. The fourth-order valence-electron chi connectivity index (χ4n) is 4.90. The van der Waals surface area contributed by atoms with Crippen LogP contribution in [0.4, 0.5) is 15.8 Å². The minimum absolute atomic E-state index is 0.209. The summed E-state index contributed by atoms with van der Waals surface area (Å²) in [7, 11) is 0. The lowest BCUT2D eigenvalue weighted by molar-refractivity contribution is -0.143. The van der Waals surface area contributed by atoms with E-state index in [0.29, 0.717) is 23.8 Å². The summed E-state index contributed by atoms with van der Waals surface area (Å²) in [6.07, 6.45) is 3.95. The number of rotatable bonds is 5. The molecule has 2 amide bonds. The molecule has 1 unspecified atom stereocenters. The average molecular weight is 432 g/mol. The molecule has 4 rings (SSSR count). The first kappa shape index (κ1) is 21.5. The maximum absolute atomic E-state index is 14.8. The Morgan fingerprint density at radius 3 is 2.39 bits per heavy atom. The second-order valence-electron chi connectivity index (χ2n) is 8.68. The average Bonchev–Trinajstić information content (AvgIpc) is 2.76. The molecule has 1 aromatic rings. The van der Waals surface area contributed by atoms with Gasteiger partial charge in [0.2, 0.25) is 11.8 Å². The van der Waals surface area contributed by atoms with Gasteiger partial charge in [-0.05, 0) is 50.3 Å². The predicted octanol–water partition coefficient (Wildman–Crippen LogP) is 1.81. The second kappa shape index (κ2) is 9.21. The highest BCUT2D eigenvalue weighted by Crippen LogP contribution is 2.30. The van der Waals surface area contributed by atoms with E-state index in [1.54, 1.807) is 12.1 Å². The lowest BCUT2D eigenvalue weighted by Crippen LogP contribution is -2.51. The molecule has 168 valence electrons. The van der Waals surface area contributed by atoms with Gasteiger partial charge < -0.3 is 15.3 Å². The number of carbonyl (C=O) groups is 3. The smallest absolute Gasteiger partial charge is 0.306 e. The Balaban J connectivity index is 1.30. The first-order valence-corrected chi connectivity index (χ1v) is 11.0. The number of amides is 2. The molecule has 2 aliphatic heterocycles. The van der Waals surface area contributed by atoms with Crippen molar-refractivity contribution in [1.82, 2.24) is 10.2 Å². The van der Waals surface area contributed by atoms with Crippen LogP contribution in [0, 0.1) is 11.7 Å². The number of nitrogens with one attached hydrogen (secondary N) is 2. The van der Waals surface area contributed by atoms with E-state index in [-0.39, 0.29) is 30.0 Å². The summed E-state index contributed by atoms with van der Waals surface area (Å²) in [6, 6.07) is 4.78. The summed E-state index contributed by atoms with van der Waals surface area (Å²) >= 11 is 0. The van der Waals surface area contributed by atoms with Gasteiger partial charge in [-0.25, -0.2) is 4.39 Å². The largest absolute Gasteiger partial charge is 0.481 e. The normalized spacial score (nSPS) is 27.6. The monoisotopic (exact) mass is 432 g/mol. The molecule has 31 heavy (non-hydrogen) atoms. The van der Waals surface area contributed by atoms with Crippen LogP contribution in [-0.4, -0.2) is 66.1 Å². The lowest BCUT2D eigenvalue weighted by Gasteiger charge is -2.42. The number of benzene rings is 1. The number of hydrogen-bond donors (Lipinski definition) is 3. The van der Waals surface area contributed by atoms with E-state index in [9.17, 15) is 18.8 Å². The fraction of sp³-hybridized carbons (Fsp3) is 0.591. The van der Waals surface area contributed by atoms with E-state index >= 15 is 0 Å². The van der Waals surface area contributed by atoms with Gasteiger partial charge >= 0.3 is 5.97 Å². The van der Waals surface area contributed by atoms with Crippen molar-refractivity contribution >= 4 is 29.2 Å². The molecule has 1 saturated carbocycles. The van der Waals surface area contributed by atoms with Crippen molar-refractivity contribution in [3.05, 3.63) is 24.0 Å². The van der Waals surface area contributed by atoms with Crippen molar-refractivity contribution < 1.29 is 23.9 Å². The third-order valence-electron chi connectivity index (χ3n) is 6.75. The lowest BCUT2D eigenvalue weighted by atomic mass is 9.85. The van der Waals surface area contributed by atoms with E-state index in [2.05, 4.69) is 15.5 Å². The van der Waals surface area contributed by atoms with Gasteiger partial charge in [-0.2, -0.15) is 0 Å². The Kier molecular flexibility index (Phi) is 6.41. The van der Waals surface area contributed by atoms with Gasteiger partial charge in [0.25, 0.3) is 0 Å². The highest BCUT2D eigenvalue weighted by molar-refractivity contribution is 6.01. The molecule has 0 aromatic heterocycles. The third kappa shape index (κ3) is 4.98. The standard InChI is InChI=1S/C22H29FN4O4/c23-17-13-15(24-18-6-8-20(28)25-21(18)29)3-7-19(17)27-11-9-26(10-12-27)16-4-1-14(2-5-16)22(30)31/h3,7,13-14,16,18,24H,1-2,4-6,8-12H2,(H,30,31)(H,25,28,29). The number of carboxylic acid groups (broad SMARTS) is 1. The van der Waals surface area contributed by atoms with Gasteiger partial charge in [0, 0.05) is 44.3 Å². The molecule has 9 heteroatoms. The minimum Gasteiger partial charge on any atom is -0.481 e. The molecule has 2 saturated heterocycles. The van der Waals surface area contributed by atoms with Crippen molar-refractivity contribution in [3.8, 4) is 0 Å². The summed E-state index contributed by atoms with van der Waals surface area (Å²) in [6.45, 7) is 3.10. The quantitative estimate of drug-likeness (QED) is 0.610. The third-order valence-corrected chi connectivity index (χ3v) is 6.75. The van der Waals surface area contributed by atoms with Crippen molar-refractivity contribution in [2.24, 2.45) is 5.92 Å². The van der Waals surface area contributed by atoms with Crippen LogP contribution >= 0.6 is 0 Å². The molecular formula is C22H29FN4O4. The summed E-state index contributed by atoms with van der Waals surface area (Å²) in [4.78, 5) is 38.7. The predicted molar refractivity (Wildman–Crippen MR) is 113 cm³/mol. The van der Waals surface area contributed by atoms with E-state index < -0.39 is 12.0 Å². The fourth-order valence-corrected chi connectivity index (χ4v) is 4.90. The first-order chi connectivity index (χ1) is 14.9. The molecule has 3 N–H and O–H groups in total. The van der Waals surface area contributed by atoms with E-state index in [1.165, 1.54) is 6.07 Å². The Morgan fingerprint density at radius 1 is 1.06 bits per heavy atom. The molecule has 3 aliphatic rings. The molecule has 1 aromatic carbocycles. The highest BCUT2D eigenvalue weighted by Gasteiger charge is 2.31. The Hall–Kier alpha value is -2.68. The van der Waals surface area contributed by atoms with Crippen molar-refractivity contribution in [3.63, 3.8) is 0 Å². The SMILES string of the molecule is O=C1CCC(Nc2ccc(N3CCN(C4CCC(C(=O)O)CC4)CC3)c(F)c2)C(=O)N1. The maximum atomic E-state index is 14.8. The molecule has 0 radical (unpaired) electrons. The highest BCUT2D eigenvalue weighted by atomic mass is 19.1. The number of carboxylic acids is 1. The number of halogens is 1. The van der Waals surface area contributed by atoms with Crippen LogP contribution < -0.4 is 15.5 Å². The van der Waals surface area contributed by atoms with Gasteiger partial charge in [-0.1, -0.05) is 0 Å². The maximum Gasteiger partial charge on any atom is 0.306 e. The first-order valence-electron chi connectivity index (χ1n) is 11.0. The zero-order valence-electron chi connectivity index (χ0n) is 17.5. The number of piperidine rings is 1. The zero-order chi connectivity index (χ0) is 22.0. The van der Waals surface area contributed by atoms with Gasteiger partial charge in [-0.15, -0.1) is 0 Å². The number of anilines is 2. The number of hydrogen-bond acceptors (Lipinski definition) is 6. The topological polar surface area (TPSA) is 102 Å². The van der Waals surface area contributed by atoms with Crippen LogP contribution in [0.1, 0.15) is 38.5 Å². The Bertz CT molecular complexity index is 848. The van der Waals surface area contributed by atoms with Crippen LogP contribution in [-0.2, 0) is 14.4 Å². The summed E-state index contributed by atoms with van der Waals surface area (Å²) in [5.41, 5.74) is 1.06. The van der Waals surface area contributed by atoms with Crippen LogP contribution in [0.25, 0.3) is 0 Å². The van der Waals surface area contributed by atoms with Gasteiger partial charge in [0.1, 0.15) is 11.9 Å². The zero-order valence-corrected chi connectivity index (χ0v) is 17.5. The van der Waals surface area contributed by atoms with Gasteiger partial charge in [-0.3, -0.25) is 24.6 Å². The molecule has 0 spiro atoms. The van der Waals surface area contributed by atoms with Crippen molar-refractivity contribution in [2.45, 2.75) is 50.6 Å². The second-order valence-corrected chi connectivity index (χ2v) is 8.68. The van der Waals surface area contributed by atoms with Gasteiger partial charge in [0.05, 0.1) is 11.6 Å². The molecule has 3 fully saturated rings. The molecule has 8 nitrogen and oxygen atoms in total. The van der Waals surface area contributed by atoms with Crippen LogP contribution in [0.5, 0.6) is 0 Å². The van der Waals surface area contributed by atoms with Crippen LogP contribution in [0.2, 0.25) is 0 Å². The minimum atomic E-state index is -0.686. The number of imide groups is 1. The van der Waals surface area contributed by atoms with E-state index in [1.807, 2.05) is 4.90 Å². The van der Waals surface area contributed by atoms with Crippen LogP contribution in [0.15, 0.2) is 18.2 Å². The number of carbonyl (C=O) groups excluding carboxylic acids is 2. The van der Waals surface area contributed by atoms with E-state index in [0.717, 1.165) is 51.9 Å². The Labute approximate surface area is 180 Å².